The van der Waals surface area contributed by atoms with E-state index in [4.69, 9.17) is 5.73 Å². The Labute approximate surface area is 65.0 Å². The number of nitrogens with two attached hydrogens (primary N) is 1. The van der Waals surface area contributed by atoms with Crippen molar-refractivity contribution in [1.82, 2.24) is 4.98 Å². The first kappa shape index (κ1) is 6.28. The van der Waals surface area contributed by atoms with Crippen LogP contribution in [0.5, 0.6) is 0 Å². The topological polar surface area (TPSA) is 41.8 Å². The molecular weight excluding hydrogens is 136 g/mol. The monoisotopic (exact) mass is 146 g/mol. The van der Waals surface area contributed by atoms with Crippen molar-refractivity contribution in [1.29, 1.82) is 0 Å². The van der Waals surface area contributed by atoms with Gasteiger partial charge < -0.3 is 10.7 Å². The third kappa shape index (κ3) is 0.871. The van der Waals surface area contributed by atoms with Crippen LogP contribution in [0, 0.1) is 6.92 Å². The highest BCUT2D eigenvalue weighted by Gasteiger charge is 1.98. The lowest BCUT2D eigenvalue weighted by atomic mass is 10.2. The third-order valence-corrected chi connectivity index (χ3v) is 1.83. The molecule has 2 rings (SSSR count). The Hall–Kier alpha value is -1.44. The van der Waals surface area contributed by atoms with E-state index in [1.807, 2.05) is 25.1 Å². The van der Waals surface area contributed by atoms with Gasteiger partial charge in [-0.3, -0.25) is 0 Å². The molecule has 2 aromatic rings. The zero-order valence-electron chi connectivity index (χ0n) is 6.39. The van der Waals surface area contributed by atoms with Crippen LogP contribution in [-0.2, 0) is 0 Å². The quantitative estimate of drug-likeness (QED) is 0.549. The first-order chi connectivity index (χ1) is 5.27. The lowest BCUT2D eigenvalue weighted by Gasteiger charge is -1.92. The Kier molecular flexibility index (Phi) is 1.15. The second kappa shape index (κ2) is 2.02. The fourth-order valence-electron chi connectivity index (χ4n) is 1.32. The van der Waals surface area contributed by atoms with Crippen LogP contribution < -0.4 is 5.73 Å². The maximum atomic E-state index is 5.75. The number of aromatic amines is 1. The molecule has 2 nitrogen and oxygen atoms in total. The summed E-state index contributed by atoms with van der Waals surface area (Å²) in [6.07, 6.45) is 0. The molecule has 0 amide bonds. The Morgan fingerprint density at radius 2 is 2.18 bits per heavy atom. The first-order valence-corrected chi connectivity index (χ1v) is 3.61. The first-order valence-electron chi connectivity index (χ1n) is 3.61. The summed E-state index contributed by atoms with van der Waals surface area (Å²) in [5.41, 5.74) is 8.85. The highest BCUT2D eigenvalue weighted by Crippen LogP contribution is 2.20. The summed E-state index contributed by atoms with van der Waals surface area (Å²) in [5.74, 6) is 0. The predicted molar refractivity (Wildman–Crippen MR) is 47.4 cm³/mol. The maximum Gasteiger partial charge on any atom is 0.0476 e. The normalized spacial score (nSPS) is 10.6. The standard InChI is InChI=1S/C9H10N2/c1-6-5-7-8(10)3-2-4-9(7)11-6/h2-5,11H,10H2,1H3. The van der Waals surface area contributed by atoms with Gasteiger partial charge in [0.05, 0.1) is 0 Å². The molecule has 0 atom stereocenters. The summed E-state index contributed by atoms with van der Waals surface area (Å²) in [4.78, 5) is 3.22. The van der Waals surface area contributed by atoms with Crippen molar-refractivity contribution < 1.29 is 0 Å². The van der Waals surface area contributed by atoms with Crippen molar-refractivity contribution in [2.45, 2.75) is 6.92 Å². The minimum absolute atomic E-state index is 0.840. The van der Waals surface area contributed by atoms with Crippen LogP contribution >= 0.6 is 0 Å². The van der Waals surface area contributed by atoms with E-state index in [1.54, 1.807) is 0 Å². The van der Waals surface area contributed by atoms with Gasteiger partial charge in [-0.2, -0.15) is 0 Å². The average molecular weight is 146 g/mol. The predicted octanol–water partition coefficient (Wildman–Crippen LogP) is 2.06. The number of hydrogen-bond acceptors (Lipinski definition) is 1. The summed E-state index contributed by atoms with van der Waals surface area (Å²) >= 11 is 0. The number of fused-ring (bicyclic) bond motifs is 1. The molecule has 0 bridgehead atoms. The summed E-state index contributed by atoms with van der Waals surface area (Å²) in [6.45, 7) is 2.03. The minimum Gasteiger partial charge on any atom is -0.398 e. The fourth-order valence-corrected chi connectivity index (χ4v) is 1.32. The fraction of sp³-hybridized carbons (Fsp3) is 0.111. The van der Waals surface area contributed by atoms with Crippen molar-refractivity contribution in [2.24, 2.45) is 0 Å². The van der Waals surface area contributed by atoms with Crippen LogP contribution in [0.2, 0.25) is 0 Å². The Morgan fingerprint density at radius 3 is 2.91 bits per heavy atom. The molecule has 56 valence electrons. The van der Waals surface area contributed by atoms with Crippen LogP contribution in [0.4, 0.5) is 5.69 Å². The van der Waals surface area contributed by atoms with Gasteiger partial charge in [0.1, 0.15) is 0 Å². The van der Waals surface area contributed by atoms with E-state index in [-0.39, 0.29) is 0 Å². The van der Waals surface area contributed by atoms with E-state index in [0.29, 0.717) is 0 Å². The molecule has 0 aliphatic carbocycles. The molecule has 0 saturated carbocycles. The molecule has 0 aliphatic rings. The van der Waals surface area contributed by atoms with Gasteiger partial charge in [0.25, 0.3) is 0 Å². The Morgan fingerprint density at radius 1 is 1.36 bits per heavy atom. The van der Waals surface area contributed by atoms with E-state index in [2.05, 4.69) is 11.1 Å². The molecule has 0 spiro atoms. The lowest BCUT2D eigenvalue weighted by molar-refractivity contribution is 1.30. The number of H-pyrrole nitrogens is 1. The molecule has 2 heteroatoms. The largest absolute Gasteiger partial charge is 0.398 e. The highest BCUT2D eigenvalue weighted by atomic mass is 14.7. The smallest absolute Gasteiger partial charge is 0.0476 e. The van der Waals surface area contributed by atoms with Crippen molar-refractivity contribution in [3.63, 3.8) is 0 Å². The molecule has 0 radical (unpaired) electrons. The van der Waals surface area contributed by atoms with Crippen LogP contribution in [0.1, 0.15) is 5.69 Å². The number of nitrogens with one attached hydrogen (secondary N) is 1. The molecular formula is C9H10N2. The molecule has 1 heterocycles. The van der Waals surface area contributed by atoms with Gasteiger partial charge in [0.15, 0.2) is 0 Å². The van der Waals surface area contributed by atoms with Gasteiger partial charge in [-0.05, 0) is 25.1 Å². The molecule has 11 heavy (non-hydrogen) atoms. The van der Waals surface area contributed by atoms with Gasteiger partial charge >= 0.3 is 0 Å². The van der Waals surface area contributed by atoms with E-state index in [0.717, 1.165) is 22.3 Å². The highest BCUT2D eigenvalue weighted by molar-refractivity contribution is 5.91. The van der Waals surface area contributed by atoms with Gasteiger partial charge in [-0.25, -0.2) is 0 Å². The number of hydrogen-bond donors (Lipinski definition) is 2. The minimum atomic E-state index is 0.840. The maximum absolute atomic E-state index is 5.75. The van der Waals surface area contributed by atoms with Crippen molar-refractivity contribution in [3.8, 4) is 0 Å². The number of anilines is 1. The van der Waals surface area contributed by atoms with Gasteiger partial charge in [-0.1, -0.05) is 6.07 Å². The van der Waals surface area contributed by atoms with Crippen molar-refractivity contribution >= 4 is 16.6 Å². The Balaban J connectivity index is 2.90. The summed E-state index contributed by atoms with van der Waals surface area (Å²) in [6, 6.07) is 7.95. The summed E-state index contributed by atoms with van der Waals surface area (Å²) in [5, 5.41) is 1.12. The zero-order valence-corrected chi connectivity index (χ0v) is 6.39. The number of aryl methyl sites for hydroxylation is 1. The summed E-state index contributed by atoms with van der Waals surface area (Å²) < 4.78 is 0. The van der Waals surface area contributed by atoms with Crippen LogP contribution in [0.25, 0.3) is 10.9 Å². The lowest BCUT2D eigenvalue weighted by Crippen LogP contribution is -1.82. The second-order valence-corrected chi connectivity index (χ2v) is 2.76. The van der Waals surface area contributed by atoms with Gasteiger partial charge in [0, 0.05) is 22.3 Å². The van der Waals surface area contributed by atoms with Crippen LogP contribution in [0.3, 0.4) is 0 Å². The Bertz CT molecular complexity index is 387. The molecule has 0 saturated heterocycles. The van der Waals surface area contributed by atoms with Gasteiger partial charge in [-0.15, -0.1) is 0 Å². The zero-order chi connectivity index (χ0) is 7.84. The number of rotatable bonds is 0. The van der Waals surface area contributed by atoms with Crippen molar-refractivity contribution in [3.05, 3.63) is 30.0 Å². The molecule has 0 aliphatic heterocycles. The summed E-state index contributed by atoms with van der Waals surface area (Å²) in [7, 11) is 0. The number of benzene rings is 1. The molecule has 1 aromatic heterocycles. The molecule has 1 aromatic carbocycles. The number of aromatic nitrogens is 1. The SMILES string of the molecule is Cc1cc2c(N)cccc2[nH]1. The van der Waals surface area contributed by atoms with Crippen LogP contribution in [0.15, 0.2) is 24.3 Å². The molecule has 0 unspecified atom stereocenters. The molecule has 0 fully saturated rings. The molecule has 3 N–H and O–H groups in total. The van der Waals surface area contributed by atoms with Crippen molar-refractivity contribution in [2.75, 3.05) is 5.73 Å². The van der Waals surface area contributed by atoms with E-state index < -0.39 is 0 Å². The van der Waals surface area contributed by atoms with E-state index in [9.17, 15) is 0 Å². The number of nitrogen functional groups attached to an aromatic ring is 1. The van der Waals surface area contributed by atoms with E-state index in [1.165, 1.54) is 0 Å². The van der Waals surface area contributed by atoms with Gasteiger partial charge in [0.2, 0.25) is 0 Å². The average Bonchev–Trinajstić information content (AvgIpc) is 2.31. The van der Waals surface area contributed by atoms with Crippen LogP contribution in [-0.4, -0.2) is 4.98 Å². The third-order valence-electron chi connectivity index (χ3n) is 1.83. The second-order valence-electron chi connectivity index (χ2n) is 2.76. The van der Waals surface area contributed by atoms with E-state index >= 15 is 0 Å².